The molecule has 0 fully saturated rings. The minimum absolute atomic E-state index is 0.0213. The molecule has 0 saturated heterocycles. The average molecular weight is 404 g/mol. The summed E-state index contributed by atoms with van der Waals surface area (Å²) in [6, 6.07) is 5.82. The highest BCUT2D eigenvalue weighted by Gasteiger charge is 2.16. The van der Waals surface area contributed by atoms with E-state index in [1.54, 1.807) is 4.90 Å². The number of aromatic amines is 1. The fourth-order valence-electron chi connectivity index (χ4n) is 3.10. The van der Waals surface area contributed by atoms with Crippen molar-refractivity contribution < 1.29 is 19.1 Å². The first-order chi connectivity index (χ1) is 13.7. The molecule has 29 heavy (non-hydrogen) atoms. The van der Waals surface area contributed by atoms with E-state index in [2.05, 4.69) is 10.3 Å². The number of fused-ring (bicyclic) bond motifs is 1. The number of carbonyl (C=O) groups is 2. The molecule has 2 rings (SSSR count). The number of nitrogens with one attached hydrogen (secondary N) is 2. The van der Waals surface area contributed by atoms with Crippen LogP contribution in [0.5, 0.6) is 5.75 Å². The molecule has 0 aliphatic carbocycles. The minimum Gasteiger partial charge on any atom is -0.482 e. The second kappa shape index (κ2) is 10.2. The fraction of sp³-hybridized carbons (Fsp3) is 0.545. The van der Waals surface area contributed by atoms with Crippen molar-refractivity contribution in [2.75, 3.05) is 26.2 Å². The SMILES string of the molecule is CCN(CC)C(=O)COc1cccc2c(CCCNC(=O)OC(C)(C)C)c[nH]c12. The topological polar surface area (TPSA) is 83.7 Å². The van der Waals surface area contributed by atoms with Crippen LogP contribution in [0.15, 0.2) is 24.4 Å². The molecule has 0 atom stereocenters. The summed E-state index contributed by atoms with van der Waals surface area (Å²) in [6.07, 6.45) is 3.15. The Kier molecular flexibility index (Phi) is 7.93. The summed E-state index contributed by atoms with van der Waals surface area (Å²) >= 11 is 0. The van der Waals surface area contributed by atoms with Crippen LogP contribution in [-0.4, -0.2) is 53.7 Å². The van der Waals surface area contributed by atoms with Gasteiger partial charge in [-0.3, -0.25) is 4.79 Å². The van der Waals surface area contributed by atoms with Crippen molar-refractivity contribution in [2.45, 2.75) is 53.1 Å². The molecule has 0 aliphatic heterocycles. The molecule has 1 heterocycles. The molecule has 0 aliphatic rings. The molecule has 7 nitrogen and oxygen atoms in total. The van der Waals surface area contributed by atoms with E-state index in [0.29, 0.717) is 25.4 Å². The van der Waals surface area contributed by atoms with Crippen LogP contribution in [0.4, 0.5) is 4.79 Å². The van der Waals surface area contributed by atoms with Gasteiger partial charge in [0.15, 0.2) is 6.61 Å². The molecule has 1 aromatic heterocycles. The number of amides is 2. The van der Waals surface area contributed by atoms with Crippen molar-refractivity contribution in [3.8, 4) is 5.75 Å². The summed E-state index contributed by atoms with van der Waals surface area (Å²) in [6.45, 7) is 11.3. The number of alkyl carbamates (subject to hydrolysis) is 1. The Hall–Kier alpha value is -2.70. The molecule has 2 aromatic rings. The van der Waals surface area contributed by atoms with Crippen LogP contribution in [0.2, 0.25) is 0 Å². The molecule has 0 bridgehead atoms. The number of H-pyrrole nitrogens is 1. The number of carbonyl (C=O) groups excluding carboxylic acids is 2. The largest absolute Gasteiger partial charge is 0.482 e. The molecule has 0 spiro atoms. The van der Waals surface area contributed by atoms with Gasteiger partial charge in [-0.05, 0) is 59.1 Å². The van der Waals surface area contributed by atoms with E-state index in [9.17, 15) is 9.59 Å². The Bertz CT molecular complexity index is 819. The lowest BCUT2D eigenvalue weighted by Gasteiger charge is -2.19. The Morgan fingerprint density at radius 1 is 1.17 bits per heavy atom. The smallest absolute Gasteiger partial charge is 0.407 e. The number of ether oxygens (including phenoxy) is 2. The molecule has 7 heteroatoms. The Morgan fingerprint density at radius 2 is 1.90 bits per heavy atom. The maximum absolute atomic E-state index is 12.2. The minimum atomic E-state index is -0.496. The summed E-state index contributed by atoms with van der Waals surface area (Å²) in [4.78, 5) is 28.9. The molecule has 0 unspecified atom stereocenters. The van der Waals surface area contributed by atoms with Crippen LogP contribution >= 0.6 is 0 Å². The van der Waals surface area contributed by atoms with E-state index in [0.717, 1.165) is 29.3 Å². The molecule has 2 N–H and O–H groups in total. The number of nitrogens with zero attached hydrogens (tertiary/aromatic N) is 1. The first-order valence-electron chi connectivity index (χ1n) is 10.2. The lowest BCUT2D eigenvalue weighted by molar-refractivity contribution is -0.132. The zero-order valence-electron chi connectivity index (χ0n) is 18.1. The third kappa shape index (κ3) is 6.69. The van der Waals surface area contributed by atoms with Crippen LogP contribution in [0.3, 0.4) is 0 Å². The van der Waals surface area contributed by atoms with Crippen molar-refractivity contribution >= 4 is 22.9 Å². The summed E-state index contributed by atoms with van der Waals surface area (Å²) in [5, 5.41) is 3.84. The maximum Gasteiger partial charge on any atom is 0.407 e. The van der Waals surface area contributed by atoms with Crippen LogP contribution in [0.1, 0.15) is 46.6 Å². The highest BCUT2D eigenvalue weighted by atomic mass is 16.6. The summed E-state index contributed by atoms with van der Waals surface area (Å²) < 4.78 is 11.0. The summed E-state index contributed by atoms with van der Waals surface area (Å²) in [7, 11) is 0. The van der Waals surface area contributed by atoms with Gasteiger partial charge in [-0.1, -0.05) is 12.1 Å². The number of benzene rings is 1. The number of likely N-dealkylation sites (N-methyl/N-ethyl adjacent to an activating group) is 1. The highest BCUT2D eigenvalue weighted by molar-refractivity contribution is 5.88. The zero-order chi connectivity index (χ0) is 21.4. The highest BCUT2D eigenvalue weighted by Crippen LogP contribution is 2.28. The van der Waals surface area contributed by atoms with Crippen LogP contribution in [0, 0.1) is 0 Å². The number of hydrogen-bond acceptors (Lipinski definition) is 4. The quantitative estimate of drug-likeness (QED) is 0.623. The van der Waals surface area contributed by atoms with E-state index < -0.39 is 11.7 Å². The number of hydrogen-bond donors (Lipinski definition) is 2. The van der Waals surface area contributed by atoms with Gasteiger partial charge < -0.3 is 24.7 Å². The normalized spacial score (nSPS) is 11.3. The number of aryl methyl sites for hydroxylation is 1. The van der Waals surface area contributed by atoms with Gasteiger partial charge in [0.2, 0.25) is 0 Å². The number of para-hydroxylation sites is 1. The summed E-state index contributed by atoms with van der Waals surface area (Å²) in [5.41, 5.74) is 1.53. The summed E-state index contributed by atoms with van der Waals surface area (Å²) in [5.74, 6) is 0.646. The number of aromatic nitrogens is 1. The molecule has 1 aromatic carbocycles. The monoisotopic (exact) mass is 403 g/mol. The maximum atomic E-state index is 12.2. The van der Waals surface area contributed by atoms with Crippen LogP contribution in [-0.2, 0) is 16.0 Å². The van der Waals surface area contributed by atoms with Gasteiger partial charge in [-0.2, -0.15) is 0 Å². The van der Waals surface area contributed by atoms with E-state index in [-0.39, 0.29) is 12.5 Å². The zero-order valence-corrected chi connectivity index (χ0v) is 18.1. The molecular formula is C22H33N3O4. The van der Waals surface area contributed by atoms with Crippen molar-refractivity contribution in [2.24, 2.45) is 0 Å². The standard InChI is InChI=1S/C22H33N3O4/c1-6-25(7-2)19(26)15-28-18-12-8-11-17-16(14-24-20(17)18)10-9-13-23-21(27)29-22(3,4)5/h8,11-12,14,24H,6-7,9-10,13,15H2,1-5H3,(H,23,27). The third-order valence-electron chi connectivity index (χ3n) is 4.52. The Labute approximate surface area is 172 Å². The predicted molar refractivity (Wildman–Crippen MR) is 114 cm³/mol. The Morgan fingerprint density at radius 3 is 2.55 bits per heavy atom. The average Bonchev–Trinajstić information content (AvgIpc) is 3.07. The van der Waals surface area contributed by atoms with E-state index in [1.807, 2.05) is 59.0 Å². The first-order valence-corrected chi connectivity index (χ1v) is 10.2. The van der Waals surface area contributed by atoms with Gasteiger partial charge in [0, 0.05) is 31.2 Å². The predicted octanol–water partition coefficient (Wildman–Crippen LogP) is 3.87. The van der Waals surface area contributed by atoms with Gasteiger partial charge in [0.25, 0.3) is 5.91 Å². The van der Waals surface area contributed by atoms with E-state index >= 15 is 0 Å². The lowest BCUT2D eigenvalue weighted by atomic mass is 10.1. The molecule has 0 saturated carbocycles. The molecule has 160 valence electrons. The second-order valence-corrected chi connectivity index (χ2v) is 7.88. The van der Waals surface area contributed by atoms with Crippen molar-refractivity contribution in [3.05, 3.63) is 30.0 Å². The van der Waals surface area contributed by atoms with Crippen LogP contribution in [0.25, 0.3) is 10.9 Å². The van der Waals surface area contributed by atoms with E-state index in [1.165, 1.54) is 0 Å². The van der Waals surface area contributed by atoms with Gasteiger partial charge >= 0.3 is 6.09 Å². The Balaban J connectivity index is 1.92. The second-order valence-electron chi connectivity index (χ2n) is 7.88. The van der Waals surface area contributed by atoms with Crippen LogP contribution < -0.4 is 10.1 Å². The van der Waals surface area contributed by atoms with Gasteiger partial charge in [-0.15, -0.1) is 0 Å². The van der Waals surface area contributed by atoms with Gasteiger partial charge in [0.05, 0.1) is 5.52 Å². The molecule has 2 amide bonds. The fourth-order valence-corrected chi connectivity index (χ4v) is 3.10. The van der Waals surface area contributed by atoms with Crippen molar-refractivity contribution in [1.29, 1.82) is 0 Å². The number of rotatable bonds is 9. The lowest BCUT2D eigenvalue weighted by Crippen LogP contribution is -2.34. The van der Waals surface area contributed by atoms with E-state index in [4.69, 9.17) is 9.47 Å². The molecule has 0 radical (unpaired) electrons. The first kappa shape index (κ1) is 22.6. The van der Waals surface area contributed by atoms with Gasteiger partial charge in [0.1, 0.15) is 11.4 Å². The van der Waals surface area contributed by atoms with Gasteiger partial charge in [-0.25, -0.2) is 4.79 Å². The third-order valence-corrected chi connectivity index (χ3v) is 4.52. The van der Waals surface area contributed by atoms with Crippen molar-refractivity contribution in [1.82, 2.24) is 15.2 Å². The van der Waals surface area contributed by atoms with Crippen molar-refractivity contribution in [3.63, 3.8) is 0 Å². The molecular weight excluding hydrogens is 370 g/mol.